The molecule has 4 nitrogen and oxygen atoms in total. The Balaban J connectivity index is 1.44. The van der Waals surface area contributed by atoms with Gasteiger partial charge in [-0.25, -0.2) is 4.39 Å². The number of carbonyl (C=O) groups is 2. The monoisotopic (exact) mass is 380 g/mol. The molecule has 4 rings (SSSR count). The lowest BCUT2D eigenvalue weighted by Gasteiger charge is -2.30. The summed E-state index contributed by atoms with van der Waals surface area (Å²) in [7, 11) is 0. The lowest BCUT2D eigenvalue weighted by atomic mass is 9.98. The Bertz CT molecular complexity index is 907. The smallest absolute Gasteiger partial charge is 0.230 e. The van der Waals surface area contributed by atoms with Gasteiger partial charge in [-0.15, -0.1) is 0 Å². The minimum absolute atomic E-state index is 0.134. The van der Waals surface area contributed by atoms with Crippen LogP contribution in [-0.4, -0.2) is 18.4 Å². The highest BCUT2D eigenvalue weighted by atomic mass is 19.1. The Hall–Kier alpha value is -2.69. The van der Waals surface area contributed by atoms with E-state index in [4.69, 9.17) is 0 Å². The summed E-state index contributed by atoms with van der Waals surface area (Å²) in [4.78, 5) is 27.0. The fourth-order valence-electron chi connectivity index (χ4n) is 3.81. The van der Waals surface area contributed by atoms with E-state index in [0.717, 1.165) is 49.2 Å². The molecule has 2 amide bonds. The summed E-state index contributed by atoms with van der Waals surface area (Å²) < 4.78 is 13.8. The second-order valence-electron chi connectivity index (χ2n) is 7.90. The molecule has 1 N–H and O–H groups in total. The average Bonchev–Trinajstić information content (AvgIpc) is 3.54. The first-order valence-corrected chi connectivity index (χ1v) is 10.0. The molecular weight excluding hydrogens is 355 g/mol. The Morgan fingerprint density at radius 3 is 2.75 bits per heavy atom. The zero-order valence-electron chi connectivity index (χ0n) is 16.1. The summed E-state index contributed by atoms with van der Waals surface area (Å²) in [5.41, 5.74) is 3.34. The summed E-state index contributed by atoms with van der Waals surface area (Å²) in [5.74, 6) is -0.331. The predicted molar refractivity (Wildman–Crippen MR) is 108 cm³/mol. The van der Waals surface area contributed by atoms with Gasteiger partial charge in [-0.1, -0.05) is 25.1 Å². The molecule has 0 bridgehead atoms. The second-order valence-corrected chi connectivity index (χ2v) is 7.90. The number of amides is 2. The minimum atomic E-state index is -0.346. The zero-order valence-corrected chi connectivity index (χ0v) is 16.1. The summed E-state index contributed by atoms with van der Waals surface area (Å²) in [6, 6.07) is 12.3. The summed E-state index contributed by atoms with van der Waals surface area (Å²) >= 11 is 0. The first kappa shape index (κ1) is 18.7. The van der Waals surface area contributed by atoms with Crippen LogP contribution >= 0.6 is 0 Å². The molecule has 1 aliphatic carbocycles. The van der Waals surface area contributed by atoms with Crippen molar-refractivity contribution in [2.45, 2.75) is 39.0 Å². The van der Waals surface area contributed by atoms with Crippen LogP contribution < -0.4 is 10.2 Å². The molecule has 1 aliphatic heterocycles. The van der Waals surface area contributed by atoms with E-state index >= 15 is 0 Å². The van der Waals surface area contributed by atoms with Crippen molar-refractivity contribution < 1.29 is 14.0 Å². The van der Waals surface area contributed by atoms with Crippen LogP contribution in [0.15, 0.2) is 42.5 Å². The Kier molecular flexibility index (Phi) is 5.16. The highest BCUT2D eigenvalue weighted by Gasteiger charge is 2.35. The molecule has 0 radical (unpaired) electrons. The number of carbonyl (C=O) groups excluding carboxylic acids is 2. The van der Waals surface area contributed by atoms with Gasteiger partial charge in [0.1, 0.15) is 5.82 Å². The number of benzene rings is 2. The van der Waals surface area contributed by atoms with Gasteiger partial charge in [0.15, 0.2) is 0 Å². The lowest BCUT2D eigenvalue weighted by molar-refractivity contribution is -0.120. The van der Waals surface area contributed by atoms with Crippen LogP contribution in [0.3, 0.4) is 0 Å². The van der Waals surface area contributed by atoms with E-state index in [1.54, 1.807) is 25.1 Å². The third-order valence-electron chi connectivity index (χ3n) is 5.59. The van der Waals surface area contributed by atoms with Crippen molar-refractivity contribution in [2.75, 3.05) is 16.8 Å². The first-order chi connectivity index (χ1) is 13.5. The van der Waals surface area contributed by atoms with Gasteiger partial charge in [0.2, 0.25) is 11.8 Å². The van der Waals surface area contributed by atoms with Crippen molar-refractivity contribution in [3.8, 4) is 0 Å². The van der Waals surface area contributed by atoms with Crippen molar-refractivity contribution in [1.29, 1.82) is 0 Å². The zero-order chi connectivity index (χ0) is 19.7. The topological polar surface area (TPSA) is 49.4 Å². The van der Waals surface area contributed by atoms with E-state index in [1.165, 1.54) is 6.07 Å². The van der Waals surface area contributed by atoms with Gasteiger partial charge in [0, 0.05) is 29.8 Å². The molecule has 0 aromatic heterocycles. The van der Waals surface area contributed by atoms with Gasteiger partial charge in [0.25, 0.3) is 0 Å². The van der Waals surface area contributed by atoms with Crippen molar-refractivity contribution >= 4 is 23.2 Å². The molecule has 2 aromatic carbocycles. The van der Waals surface area contributed by atoms with E-state index in [9.17, 15) is 14.0 Å². The molecule has 1 heterocycles. The summed E-state index contributed by atoms with van der Waals surface area (Å²) in [6.07, 6.45) is 4.19. The fourth-order valence-corrected chi connectivity index (χ4v) is 3.81. The number of nitrogens with zero attached hydrogens (tertiary/aromatic N) is 1. The number of anilines is 2. The van der Waals surface area contributed by atoms with Crippen LogP contribution in [0, 0.1) is 17.7 Å². The molecule has 0 spiro atoms. The Morgan fingerprint density at radius 2 is 2.00 bits per heavy atom. The molecule has 1 atom stereocenters. The molecule has 1 unspecified atom stereocenters. The number of rotatable bonds is 5. The van der Waals surface area contributed by atoms with Gasteiger partial charge in [-0.3, -0.25) is 9.59 Å². The molecule has 1 fully saturated rings. The van der Waals surface area contributed by atoms with Gasteiger partial charge < -0.3 is 10.2 Å². The number of aryl methyl sites for hydroxylation is 1. The average molecular weight is 380 g/mol. The highest BCUT2D eigenvalue weighted by Crippen LogP contribution is 2.36. The predicted octanol–water partition coefficient (Wildman–Crippen LogP) is 4.33. The maximum atomic E-state index is 13.8. The van der Waals surface area contributed by atoms with Crippen molar-refractivity contribution in [3.05, 3.63) is 59.4 Å². The number of fused-ring (bicyclic) bond motifs is 1. The largest absolute Gasteiger partial charge is 0.326 e. The van der Waals surface area contributed by atoms with Crippen molar-refractivity contribution in [1.82, 2.24) is 0 Å². The van der Waals surface area contributed by atoms with Gasteiger partial charge in [0.05, 0.1) is 0 Å². The first-order valence-electron chi connectivity index (χ1n) is 10.0. The van der Waals surface area contributed by atoms with E-state index in [1.807, 2.05) is 23.1 Å². The van der Waals surface area contributed by atoms with E-state index in [0.29, 0.717) is 12.0 Å². The summed E-state index contributed by atoms with van der Waals surface area (Å²) in [5, 5.41) is 2.95. The minimum Gasteiger partial charge on any atom is -0.326 e. The van der Waals surface area contributed by atoms with E-state index in [2.05, 4.69) is 5.32 Å². The number of nitrogens with one attached hydrogen (secondary N) is 1. The number of hydrogen-bond acceptors (Lipinski definition) is 2. The van der Waals surface area contributed by atoms with Crippen molar-refractivity contribution in [2.24, 2.45) is 11.8 Å². The van der Waals surface area contributed by atoms with Gasteiger partial charge >= 0.3 is 0 Å². The second kappa shape index (κ2) is 7.74. The lowest BCUT2D eigenvalue weighted by Crippen LogP contribution is -2.36. The molecular formula is C23H25FN2O2. The van der Waals surface area contributed by atoms with Crippen LogP contribution in [0.2, 0.25) is 0 Å². The highest BCUT2D eigenvalue weighted by molar-refractivity contribution is 5.98. The van der Waals surface area contributed by atoms with E-state index in [-0.39, 0.29) is 29.5 Å². The molecule has 1 saturated carbocycles. The summed E-state index contributed by atoms with van der Waals surface area (Å²) in [6.45, 7) is 2.57. The third-order valence-corrected chi connectivity index (χ3v) is 5.59. The van der Waals surface area contributed by atoms with E-state index < -0.39 is 0 Å². The third kappa shape index (κ3) is 3.93. The molecule has 146 valence electrons. The molecule has 0 saturated heterocycles. The van der Waals surface area contributed by atoms with Crippen LogP contribution in [-0.2, 0) is 22.4 Å². The van der Waals surface area contributed by atoms with Crippen molar-refractivity contribution in [3.63, 3.8) is 0 Å². The van der Waals surface area contributed by atoms with Gasteiger partial charge in [-0.05, 0) is 67.5 Å². The quantitative estimate of drug-likeness (QED) is 0.839. The molecule has 2 aliphatic rings. The maximum Gasteiger partial charge on any atom is 0.230 e. The van der Waals surface area contributed by atoms with Gasteiger partial charge in [-0.2, -0.15) is 0 Å². The Morgan fingerprint density at radius 1 is 1.21 bits per heavy atom. The Labute approximate surface area is 164 Å². The normalized spacial score (nSPS) is 17.0. The number of halogens is 1. The number of hydrogen-bond donors (Lipinski definition) is 1. The molecule has 28 heavy (non-hydrogen) atoms. The molecule has 2 aromatic rings. The van der Waals surface area contributed by atoms with Crippen LogP contribution in [0.1, 0.15) is 37.3 Å². The van der Waals surface area contributed by atoms with Crippen LogP contribution in [0.25, 0.3) is 0 Å². The van der Waals surface area contributed by atoms with Crippen LogP contribution in [0.5, 0.6) is 0 Å². The van der Waals surface area contributed by atoms with Crippen LogP contribution in [0.4, 0.5) is 15.8 Å². The SMILES string of the molecule is CC(Cc1ccccc1F)C(=O)Nc1ccc2c(c1)CCCN2C(=O)C1CC1. The fraction of sp³-hybridized carbons (Fsp3) is 0.391. The maximum absolute atomic E-state index is 13.8. The standard InChI is InChI=1S/C23H25FN2O2/c1-15(13-17-5-2-3-7-20(17)24)22(27)25-19-10-11-21-18(14-19)6-4-12-26(21)23(28)16-8-9-16/h2-3,5,7,10-11,14-16H,4,6,8-9,12-13H2,1H3,(H,25,27). The molecule has 5 heteroatoms.